The van der Waals surface area contributed by atoms with Crippen LogP contribution in [0.3, 0.4) is 0 Å². The first-order chi connectivity index (χ1) is 9.72. The van der Waals surface area contributed by atoms with Crippen LogP contribution in [0.5, 0.6) is 0 Å². The fourth-order valence-electron chi connectivity index (χ4n) is 1.69. The molecule has 0 spiro atoms. The number of nitrogens with one attached hydrogen (secondary N) is 2. The monoisotopic (exact) mass is 278 g/mol. The molecule has 0 radical (unpaired) electrons. The summed E-state index contributed by atoms with van der Waals surface area (Å²) in [5.74, 6) is -0.0132. The first-order valence-electron chi connectivity index (χ1n) is 7.37. The Balaban J connectivity index is 2.01. The molecular formula is C16H26N2O2. The van der Waals surface area contributed by atoms with Gasteiger partial charge in [-0.3, -0.25) is 4.79 Å². The van der Waals surface area contributed by atoms with Crippen LogP contribution >= 0.6 is 0 Å². The van der Waals surface area contributed by atoms with Crippen LogP contribution in [0.2, 0.25) is 0 Å². The Morgan fingerprint density at radius 2 is 1.85 bits per heavy atom. The lowest BCUT2D eigenvalue weighted by Crippen LogP contribution is -2.29. The molecule has 1 aromatic carbocycles. The average molecular weight is 278 g/mol. The molecule has 1 aromatic rings. The van der Waals surface area contributed by atoms with E-state index in [1.54, 1.807) is 0 Å². The molecule has 2 N–H and O–H groups in total. The van der Waals surface area contributed by atoms with Crippen molar-refractivity contribution >= 4 is 11.6 Å². The molecule has 0 aromatic heterocycles. The average Bonchev–Trinajstić information content (AvgIpc) is 2.44. The molecule has 0 aliphatic carbocycles. The smallest absolute Gasteiger partial charge is 0.238 e. The number of ether oxygens (including phenoxy) is 1. The highest BCUT2D eigenvalue weighted by Crippen LogP contribution is 2.07. The number of carbonyl (C=O) groups is 1. The number of anilines is 1. The van der Waals surface area contributed by atoms with Crippen LogP contribution in [0, 0.1) is 6.92 Å². The Hall–Kier alpha value is -1.39. The van der Waals surface area contributed by atoms with Crippen molar-refractivity contribution in [2.24, 2.45) is 0 Å². The number of hydrogen-bond acceptors (Lipinski definition) is 3. The molecule has 0 bridgehead atoms. The number of carbonyl (C=O) groups excluding carboxylic acids is 1. The zero-order chi connectivity index (χ0) is 14.6. The van der Waals surface area contributed by atoms with E-state index in [1.165, 1.54) is 5.56 Å². The number of rotatable bonds is 10. The van der Waals surface area contributed by atoms with Crippen LogP contribution in [0.1, 0.15) is 31.7 Å². The first kappa shape index (κ1) is 16.7. The van der Waals surface area contributed by atoms with E-state index >= 15 is 0 Å². The van der Waals surface area contributed by atoms with Gasteiger partial charge >= 0.3 is 0 Å². The largest absolute Gasteiger partial charge is 0.381 e. The Bertz CT molecular complexity index is 377. The van der Waals surface area contributed by atoms with Crippen LogP contribution in [-0.2, 0) is 9.53 Å². The van der Waals surface area contributed by atoms with E-state index in [2.05, 4.69) is 17.6 Å². The van der Waals surface area contributed by atoms with Gasteiger partial charge in [0.1, 0.15) is 0 Å². The van der Waals surface area contributed by atoms with Crippen molar-refractivity contribution in [3.63, 3.8) is 0 Å². The quantitative estimate of drug-likeness (QED) is 0.647. The molecule has 20 heavy (non-hydrogen) atoms. The molecule has 4 heteroatoms. The third kappa shape index (κ3) is 7.92. The second-order valence-electron chi connectivity index (χ2n) is 4.91. The SMILES string of the molecule is CCCCOCCCNCC(=O)Nc1ccc(C)cc1. The summed E-state index contributed by atoms with van der Waals surface area (Å²) in [5, 5.41) is 5.97. The van der Waals surface area contributed by atoms with E-state index in [-0.39, 0.29) is 5.91 Å². The summed E-state index contributed by atoms with van der Waals surface area (Å²) < 4.78 is 5.45. The van der Waals surface area contributed by atoms with Crippen molar-refractivity contribution in [1.29, 1.82) is 0 Å². The van der Waals surface area contributed by atoms with Crippen molar-refractivity contribution in [1.82, 2.24) is 5.32 Å². The first-order valence-corrected chi connectivity index (χ1v) is 7.37. The van der Waals surface area contributed by atoms with Crippen LogP contribution in [0.4, 0.5) is 5.69 Å². The molecule has 0 aliphatic rings. The minimum atomic E-state index is -0.0132. The molecule has 0 fully saturated rings. The van der Waals surface area contributed by atoms with E-state index in [9.17, 15) is 4.79 Å². The van der Waals surface area contributed by atoms with Crippen molar-refractivity contribution in [2.75, 3.05) is 31.6 Å². The number of unbranched alkanes of at least 4 members (excludes halogenated alkanes) is 1. The van der Waals surface area contributed by atoms with Crippen LogP contribution < -0.4 is 10.6 Å². The van der Waals surface area contributed by atoms with E-state index < -0.39 is 0 Å². The fourth-order valence-corrected chi connectivity index (χ4v) is 1.69. The molecule has 0 unspecified atom stereocenters. The molecule has 1 rings (SSSR count). The maximum atomic E-state index is 11.7. The molecular weight excluding hydrogens is 252 g/mol. The number of amides is 1. The van der Waals surface area contributed by atoms with Gasteiger partial charge in [0.2, 0.25) is 5.91 Å². The Kier molecular flexibility index (Phi) is 8.67. The van der Waals surface area contributed by atoms with Crippen molar-refractivity contribution in [3.8, 4) is 0 Å². The summed E-state index contributed by atoms with van der Waals surface area (Å²) in [7, 11) is 0. The van der Waals surface area contributed by atoms with Crippen LogP contribution in [0.15, 0.2) is 24.3 Å². The zero-order valence-electron chi connectivity index (χ0n) is 12.6. The van der Waals surface area contributed by atoms with Gasteiger partial charge in [-0.1, -0.05) is 31.0 Å². The second kappa shape index (κ2) is 10.4. The van der Waals surface area contributed by atoms with Gasteiger partial charge in [0.05, 0.1) is 6.54 Å². The fraction of sp³-hybridized carbons (Fsp3) is 0.562. The Morgan fingerprint density at radius 3 is 2.55 bits per heavy atom. The van der Waals surface area contributed by atoms with Gasteiger partial charge in [0.25, 0.3) is 0 Å². The third-order valence-corrected chi connectivity index (χ3v) is 2.91. The lowest BCUT2D eigenvalue weighted by atomic mass is 10.2. The maximum absolute atomic E-state index is 11.7. The van der Waals surface area contributed by atoms with E-state index in [0.29, 0.717) is 6.54 Å². The maximum Gasteiger partial charge on any atom is 0.238 e. The van der Waals surface area contributed by atoms with Gasteiger partial charge in [0, 0.05) is 18.9 Å². The highest BCUT2D eigenvalue weighted by atomic mass is 16.5. The normalized spacial score (nSPS) is 10.5. The van der Waals surface area contributed by atoms with Crippen molar-refractivity contribution in [3.05, 3.63) is 29.8 Å². The van der Waals surface area contributed by atoms with E-state index in [1.807, 2.05) is 31.2 Å². The van der Waals surface area contributed by atoms with Crippen LogP contribution in [0.25, 0.3) is 0 Å². The molecule has 0 atom stereocenters. The summed E-state index contributed by atoms with van der Waals surface area (Å²) in [5.41, 5.74) is 2.02. The molecule has 0 saturated carbocycles. The summed E-state index contributed by atoms with van der Waals surface area (Å²) in [4.78, 5) is 11.7. The summed E-state index contributed by atoms with van der Waals surface area (Å²) in [6, 6.07) is 7.79. The topological polar surface area (TPSA) is 50.4 Å². The second-order valence-corrected chi connectivity index (χ2v) is 4.91. The van der Waals surface area contributed by atoms with E-state index in [4.69, 9.17) is 4.74 Å². The summed E-state index contributed by atoms with van der Waals surface area (Å²) >= 11 is 0. The molecule has 1 amide bonds. The minimum absolute atomic E-state index is 0.0132. The van der Waals surface area contributed by atoms with Gasteiger partial charge in [0.15, 0.2) is 0 Å². The predicted molar refractivity (Wildman–Crippen MR) is 83.0 cm³/mol. The van der Waals surface area contributed by atoms with Gasteiger partial charge < -0.3 is 15.4 Å². The lowest BCUT2D eigenvalue weighted by Gasteiger charge is -2.07. The highest BCUT2D eigenvalue weighted by Gasteiger charge is 2.01. The molecule has 0 saturated heterocycles. The van der Waals surface area contributed by atoms with Gasteiger partial charge in [-0.15, -0.1) is 0 Å². The van der Waals surface area contributed by atoms with Crippen molar-refractivity contribution < 1.29 is 9.53 Å². The van der Waals surface area contributed by atoms with E-state index in [0.717, 1.165) is 44.7 Å². The van der Waals surface area contributed by atoms with Crippen molar-refractivity contribution in [2.45, 2.75) is 33.1 Å². The zero-order valence-corrected chi connectivity index (χ0v) is 12.6. The predicted octanol–water partition coefficient (Wildman–Crippen LogP) is 2.73. The molecule has 112 valence electrons. The minimum Gasteiger partial charge on any atom is -0.381 e. The van der Waals surface area contributed by atoms with Gasteiger partial charge in [-0.05, 0) is 38.4 Å². The number of benzene rings is 1. The summed E-state index contributed by atoms with van der Waals surface area (Å²) in [6.45, 7) is 6.90. The standard InChI is InChI=1S/C16H26N2O2/c1-3-4-11-20-12-5-10-17-13-16(19)18-15-8-6-14(2)7-9-15/h6-9,17H,3-5,10-13H2,1-2H3,(H,18,19). The molecule has 0 heterocycles. The molecule has 4 nitrogen and oxygen atoms in total. The number of hydrogen-bond donors (Lipinski definition) is 2. The van der Waals surface area contributed by atoms with Gasteiger partial charge in [-0.25, -0.2) is 0 Å². The Labute approximate surface area is 121 Å². The Morgan fingerprint density at radius 1 is 1.15 bits per heavy atom. The third-order valence-electron chi connectivity index (χ3n) is 2.91. The molecule has 0 aliphatic heterocycles. The summed E-state index contributed by atoms with van der Waals surface area (Å²) in [6.07, 6.45) is 3.21. The lowest BCUT2D eigenvalue weighted by molar-refractivity contribution is -0.115. The van der Waals surface area contributed by atoms with Crippen LogP contribution in [-0.4, -0.2) is 32.2 Å². The number of aryl methyl sites for hydroxylation is 1. The van der Waals surface area contributed by atoms with Gasteiger partial charge in [-0.2, -0.15) is 0 Å². The highest BCUT2D eigenvalue weighted by molar-refractivity contribution is 5.92.